The maximum atomic E-state index is 14.1. The van der Waals surface area contributed by atoms with Gasteiger partial charge >= 0.3 is 6.18 Å². The molecular weight excluding hydrogens is 455 g/mol. The normalized spacial score (nSPS) is 15.1. The summed E-state index contributed by atoms with van der Waals surface area (Å²) >= 11 is 6.15. The van der Waals surface area contributed by atoms with Crippen molar-refractivity contribution in [2.45, 2.75) is 51.3 Å². The molecule has 3 aromatic rings. The van der Waals surface area contributed by atoms with Crippen molar-refractivity contribution in [1.82, 2.24) is 9.97 Å². The highest BCUT2D eigenvalue weighted by Crippen LogP contribution is 2.43. The van der Waals surface area contributed by atoms with Gasteiger partial charge in [0.1, 0.15) is 11.6 Å². The van der Waals surface area contributed by atoms with Crippen LogP contribution in [0.15, 0.2) is 41.5 Å². The molecule has 9 heteroatoms. The second-order valence-corrected chi connectivity index (χ2v) is 8.32. The van der Waals surface area contributed by atoms with E-state index in [-0.39, 0.29) is 5.69 Å². The Hall–Kier alpha value is -2.71. The third-order valence-corrected chi connectivity index (χ3v) is 6.10. The summed E-state index contributed by atoms with van der Waals surface area (Å²) in [6.07, 6.45) is -3.16. The topological polar surface area (TPSA) is 67.6 Å². The maximum absolute atomic E-state index is 14.1. The summed E-state index contributed by atoms with van der Waals surface area (Å²) in [4.78, 5) is 12.4. The summed E-state index contributed by atoms with van der Waals surface area (Å²) in [5.41, 5.74) is -1.19. The number of methoxy groups -OCH3 is 1. The van der Waals surface area contributed by atoms with E-state index in [4.69, 9.17) is 16.3 Å². The number of nitrogens with zero attached hydrogens (tertiary/aromatic N) is 3. The first kappa shape index (κ1) is 24.9. The number of aliphatic hydroxyl groups is 1. The highest BCUT2D eigenvalue weighted by Gasteiger charge is 2.53. The Morgan fingerprint density at radius 2 is 1.94 bits per heavy atom. The van der Waals surface area contributed by atoms with E-state index < -0.39 is 24.1 Å². The number of aliphatic imine (C=N–C) groups is 1. The Bertz CT molecular complexity index is 1180. The molecule has 0 aliphatic heterocycles. The smallest absolute Gasteiger partial charge is 0.422 e. The average molecular weight is 480 g/mol. The SMILES string of the molecule is CCC(CC(O)(/C=N/c1cccc2nc(C)ncc12)C(F)(F)F)c1ccc(Cl)c(C)c1OC. The molecule has 0 saturated heterocycles. The van der Waals surface area contributed by atoms with Crippen LogP contribution in [0, 0.1) is 13.8 Å². The van der Waals surface area contributed by atoms with Crippen LogP contribution in [0.25, 0.3) is 10.9 Å². The van der Waals surface area contributed by atoms with Crippen LogP contribution in [0.2, 0.25) is 5.02 Å². The molecule has 176 valence electrons. The maximum Gasteiger partial charge on any atom is 0.422 e. The number of rotatable bonds is 7. The van der Waals surface area contributed by atoms with Crippen LogP contribution in [-0.4, -0.2) is 40.2 Å². The minimum Gasteiger partial charge on any atom is -0.496 e. The number of hydrogen-bond donors (Lipinski definition) is 1. The molecule has 3 rings (SSSR count). The van der Waals surface area contributed by atoms with Crippen LogP contribution in [0.4, 0.5) is 18.9 Å². The van der Waals surface area contributed by atoms with Crippen molar-refractivity contribution in [3.8, 4) is 5.75 Å². The molecule has 2 unspecified atom stereocenters. The van der Waals surface area contributed by atoms with E-state index in [0.29, 0.717) is 51.3 Å². The van der Waals surface area contributed by atoms with Gasteiger partial charge in [-0.2, -0.15) is 13.2 Å². The van der Waals surface area contributed by atoms with Crippen LogP contribution in [-0.2, 0) is 0 Å². The third-order valence-electron chi connectivity index (χ3n) is 5.70. The number of aromatic nitrogens is 2. The van der Waals surface area contributed by atoms with Crippen molar-refractivity contribution in [2.24, 2.45) is 4.99 Å². The number of halogens is 4. The van der Waals surface area contributed by atoms with Crippen LogP contribution in [0.1, 0.15) is 42.6 Å². The number of ether oxygens (including phenoxy) is 1. The van der Waals surface area contributed by atoms with E-state index >= 15 is 0 Å². The lowest BCUT2D eigenvalue weighted by molar-refractivity contribution is -0.232. The summed E-state index contributed by atoms with van der Waals surface area (Å²) in [5.74, 6) is 0.290. The zero-order chi connectivity index (χ0) is 24.4. The van der Waals surface area contributed by atoms with E-state index in [2.05, 4.69) is 15.0 Å². The number of alkyl halides is 3. The summed E-state index contributed by atoms with van der Waals surface area (Å²) in [5, 5.41) is 11.7. The number of aryl methyl sites for hydroxylation is 1. The van der Waals surface area contributed by atoms with Gasteiger partial charge < -0.3 is 9.84 Å². The molecule has 0 bridgehead atoms. The fraction of sp³-hybridized carbons (Fsp3) is 0.375. The molecule has 0 aliphatic carbocycles. The lowest BCUT2D eigenvalue weighted by Crippen LogP contribution is -2.47. The third kappa shape index (κ3) is 5.12. The molecule has 1 heterocycles. The van der Waals surface area contributed by atoms with Crippen LogP contribution < -0.4 is 4.74 Å². The Morgan fingerprint density at radius 3 is 2.58 bits per heavy atom. The fourth-order valence-corrected chi connectivity index (χ4v) is 3.94. The molecule has 5 nitrogen and oxygen atoms in total. The summed E-state index contributed by atoms with van der Waals surface area (Å²) < 4.78 is 47.7. The molecule has 0 saturated carbocycles. The zero-order valence-corrected chi connectivity index (χ0v) is 19.5. The zero-order valence-electron chi connectivity index (χ0n) is 18.7. The molecular formula is C24H25ClF3N3O2. The second kappa shape index (κ2) is 9.65. The lowest BCUT2D eigenvalue weighted by Gasteiger charge is -2.31. The van der Waals surface area contributed by atoms with E-state index in [9.17, 15) is 18.3 Å². The number of fused-ring (bicyclic) bond motifs is 1. The van der Waals surface area contributed by atoms with Crippen molar-refractivity contribution in [3.63, 3.8) is 0 Å². The van der Waals surface area contributed by atoms with Gasteiger partial charge in [0.05, 0.1) is 18.3 Å². The summed E-state index contributed by atoms with van der Waals surface area (Å²) in [6.45, 7) is 5.21. The molecule has 0 spiro atoms. The quantitative estimate of drug-likeness (QED) is 0.393. The Balaban J connectivity index is 2.03. The van der Waals surface area contributed by atoms with E-state index in [1.54, 1.807) is 51.1 Å². The highest BCUT2D eigenvalue weighted by molar-refractivity contribution is 6.31. The van der Waals surface area contributed by atoms with Crippen molar-refractivity contribution in [3.05, 3.63) is 58.5 Å². The molecule has 0 fully saturated rings. The average Bonchev–Trinajstić information content (AvgIpc) is 2.76. The van der Waals surface area contributed by atoms with Crippen LogP contribution in [0.5, 0.6) is 5.75 Å². The molecule has 0 aliphatic rings. The first-order valence-corrected chi connectivity index (χ1v) is 10.8. The largest absolute Gasteiger partial charge is 0.496 e. The molecule has 1 aromatic heterocycles. The van der Waals surface area contributed by atoms with Gasteiger partial charge in [-0.05, 0) is 56.4 Å². The van der Waals surface area contributed by atoms with E-state index in [0.717, 1.165) is 0 Å². The predicted molar refractivity (Wildman–Crippen MR) is 124 cm³/mol. The van der Waals surface area contributed by atoms with Gasteiger partial charge in [0, 0.05) is 28.4 Å². The van der Waals surface area contributed by atoms with Gasteiger partial charge in [-0.3, -0.25) is 4.99 Å². The summed E-state index contributed by atoms with van der Waals surface area (Å²) in [6, 6.07) is 8.18. The number of hydrogen-bond acceptors (Lipinski definition) is 5. The lowest BCUT2D eigenvalue weighted by atomic mass is 9.83. The fourth-order valence-electron chi connectivity index (χ4n) is 3.79. The van der Waals surface area contributed by atoms with Crippen molar-refractivity contribution in [2.75, 3.05) is 7.11 Å². The molecule has 2 atom stereocenters. The van der Waals surface area contributed by atoms with Gasteiger partial charge in [0.15, 0.2) is 5.60 Å². The highest BCUT2D eigenvalue weighted by atomic mass is 35.5. The standard InChI is InChI=1S/C24H25ClF3N3O2/c1-5-16(17-9-10-19(25)14(2)22(17)33-4)11-23(32,24(26,27)28)13-30-20-7-6-8-21-18(20)12-29-15(3)31-21/h6-10,12-13,16,32H,5,11H2,1-4H3/b30-13+. The van der Waals surface area contributed by atoms with Gasteiger partial charge in [-0.15, -0.1) is 0 Å². The Kier molecular flexibility index (Phi) is 7.29. The van der Waals surface area contributed by atoms with Gasteiger partial charge in [0.2, 0.25) is 0 Å². The van der Waals surface area contributed by atoms with Crippen LogP contribution >= 0.6 is 11.6 Å². The van der Waals surface area contributed by atoms with Gasteiger partial charge in [0.25, 0.3) is 0 Å². The predicted octanol–water partition coefficient (Wildman–Crippen LogP) is 6.49. The van der Waals surface area contributed by atoms with Crippen molar-refractivity contribution >= 4 is 34.4 Å². The van der Waals surface area contributed by atoms with Crippen molar-refractivity contribution in [1.29, 1.82) is 0 Å². The minimum absolute atomic E-state index is 0.239. The molecule has 1 N–H and O–H groups in total. The first-order valence-electron chi connectivity index (χ1n) is 10.4. The first-order chi connectivity index (χ1) is 15.5. The monoisotopic (exact) mass is 479 g/mol. The molecule has 0 amide bonds. The van der Waals surface area contributed by atoms with Crippen LogP contribution in [0.3, 0.4) is 0 Å². The number of benzene rings is 2. The minimum atomic E-state index is -4.95. The van der Waals surface area contributed by atoms with E-state index in [1.165, 1.54) is 13.3 Å². The molecule has 2 aromatic carbocycles. The molecule has 0 radical (unpaired) electrons. The van der Waals surface area contributed by atoms with Gasteiger partial charge in [-0.1, -0.05) is 30.7 Å². The summed E-state index contributed by atoms with van der Waals surface area (Å²) in [7, 11) is 1.44. The Labute approximate surface area is 195 Å². The second-order valence-electron chi connectivity index (χ2n) is 7.91. The van der Waals surface area contributed by atoms with Crippen molar-refractivity contribution < 1.29 is 23.0 Å². The Morgan fingerprint density at radius 1 is 1.21 bits per heavy atom. The van der Waals surface area contributed by atoms with Gasteiger partial charge in [-0.25, -0.2) is 9.97 Å². The van der Waals surface area contributed by atoms with E-state index in [1.807, 2.05) is 0 Å². The molecule has 33 heavy (non-hydrogen) atoms.